The molecule has 3 aromatic rings. The molecule has 6 heteroatoms. The zero-order valence-corrected chi connectivity index (χ0v) is 14.9. The van der Waals surface area contributed by atoms with Gasteiger partial charge in [-0.2, -0.15) is 0 Å². The zero-order valence-electron chi connectivity index (χ0n) is 14.9. The first-order valence-electron chi connectivity index (χ1n) is 8.84. The molecule has 0 fully saturated rings. The lowest BCUT2D eigenvalue weighted by Crippen LogP contribution is -2.27. The largest absolute Gasteiger partial charge is 0.346 e. The number of nitrogens with zero attached hydrogens (tertiary/aromatic N) is 3. The summed E-state index contributed by atoms with van der Waals surface area (Å²) >= 11 is 0. The van der Waals surface area contributed by atoms with Crippen LogP contribution in [0.3, 0.4) is 0 Å². The SMILES string of the molecule is CC1Cc2ccccc2N1c1cnc(C(=O)NCc2ccccc2F)cn1. The van der Waals surface area contributed by atoms with Crippen molar-refractivity contribution >= 4 is 17.4 Å². The number of carbonyl (C=O) groups excluding carboxylic acids is 1. The summed E-state index contributed by atoms with van der Waals surface area (Å²) in [6.07, 6.45) is 4.01. The van der Waals surface area contributed by atoms with E-state index in [1.807, 2.05) is 12.1 Å². The smallest absolute Gasteiger partial charge is 0.271 e. The topological polar surface area (TPSA) is 58.1 Å². The third-order valence-corrected chi connectivity index (χ3v) is 4.72. The van der Waals surface area contributed by atoms with Gasteiger partial charge in [0.2, 0.25) is 0 Å². The summed E-state index contributed by atoms with van der Waals surface area (Å²) in [7, 11) is 0. The van der Waals surface area contributed by atoms with Gasteiger partial charge in [-0.05, 0) is 31.0 Å². The van der Waals surface area contributed by atoms with Crippen LogP contribution in [-0.4, -0.2) is 21.9 Å². The zero-order chi connectivity index (χ0) is 18.8. The van der Waals surface area contributed by atoms with Gasteiger partial charge in [0.25, 0.3) is 5.91 Å². The predicted molar refractivity (Wildman–Crippen MR) is 101 cm³/mol. The molecular weight excluding hydrogens is 343 g/mol. The number of anilines is 2. The van der Waals surface area contributed by atoms with Gasteiger partial charge in [0.1, 0.15) is 11.5 Å². The van der Waals surface area contributed by atoms with Crippen LogP contribution in [0.2, 0.25) is 0 Å². The molecule has 2 heterocycles. The van der Waals surface area contributed by atoms with Gasteiger partial charge < -0.3 is 10.2 Å². The van der Waals surface area contributed by atoms with Crippen LogP contribution in [-0.2, 0) is 13.0 Å². The fourth-order valence-electron chi connectivity index (χ4n) is 3.39. The van der Waals surface area contributed by atoms with Crippen molar-refractivity contribution in [3.63, 3.8) is 0 Å². The fourth-order valence-corrected chi connectivity index (χ4v) is 3.39. The lowest BCUT2D eigenvalue weighted by Gasteiger charge is -2.23. The Morgan fingerprint density at radius 2 is 1.93 bits per heavy atom. The van der Waals surface area contributed by atoms with Crippen molar-refractivity contribution in [2.24, 2.45) is 0 Å². The van der Waals surface area contributed by atoms with Crippen LogP contribution >= 0.6 is 0 Å². The van der Waals surface area contributed by atoms with E-state index in [1.165, 1.54) is 17.8 Å². The Morgan fingerprint density at radius 1 is 1.15 bits per heavy atom. The molecule has 0 radical (unpaired) electrons. The summed E-state index contributed by atoms with van der Waals surface area (Å²) in [5.41, 5.74) is 3.03. The van der Waals surface area contributed by atoms with E-state index >= 15 is 0 Å². The number of fused-ring (bicyclic) bond motifs is 1. The lowest BCUT2D eigenvalue weighted by atomic mass is 10.1. The molecule has 2 aromatic carbocycles. The molecule has 136 valence electrons. The van der Waals surface area contributed by atoms with Gasteiger partial charge in [-0.15, -0.1) is 0 Å². The standard InChI is InChI=1S/C21H19FN4O/c1-14-10-15-6-3-5-9-19(15)26(14)20-13-23-18(12-24-20)21(27)25-11-16-7-2-4-8-17(16)22/h2-9,12-14H,10-11H2,1H3,(H,25,27). The van der Waals surface area contributed by atoms with E-state index in [2.05, 4.69) is 39.2 Å². The molecule has 27 heavy (non-hydrogen) atoms. The van der Waals surface area contributed by atoms with E-state index in [-0.39, 0.29) is 30.0 Å². The molecule has 1 unspecified atom stereocenters. The van der Waals surface area contributed by atoms with Crippen LogP contribution < -0.4 is 10.2 Å². The van der Waals surface area contributed by atoms with Crippen LogP contribution in [0.25, 0.3) is 0 Å². The second-order valence-electron chi connectivity index (χ2n) is 6.59. The van der Waals surface area contributed by atoms with Crippen LogP contribution in [0.1, 0.15) is 28.5 Å². The van der Waals surface area contributed by atoms with Gasteiger partial charge in [-0.25, -0.2) is 14.4 Å². The number of hydrogen-bond acceptors (Lipinski definition) is 4. The highest BCUT2D eigenvalue weighted by Crippen LogP contribution is 2.36. The molecule has 0 saturated carbocycles. The van der Waals surface area contributed by atoms with E-state index in [4.69, 9.17) is 0 Å². The maximum atomic E-state index is 13.6. The maximum absolute atomic E-state index is 13.6. The second kappa shape index (κ2) is 7.15. The van der Waals surface area contributed by atoms with Crippen molar-refractivity contribution in [3.05, 3.63) is 83.6 Å². The maximum Gasteiger partial charge on any atom is 0.271 e. The number of nitrogens with one attached hydrogen (secondary N) is 1. The number of halogens is 1. The van der Waals surface area contributed by atoms with Gasteiger partial charge in [-0.3, -0.25) is 4.79 Å². The molecule has 1 amide bonds. The minimum absolute atomic E-state index is 0.103. The number of aromatic nitrogens is 2. The first kappa shape index (κ1) is 17.1. The van der Waals surface area contributed by atoms with Crippen molar-refractivity contribution in [2.75, 3.05) is 4.90 Å². The number of amides is 1. The summed E-state index contributed by atoms with van der Waals surface area (Å²) in [4.78, 5) is 23.1. The molecule has 0 spiro atoms. The highest BCUT2D eigenvalue weighted by Gasteiger charge is 2.27. The molecule has 1 aliphatic heterocycles. The van der Waals surface area contributed by atoms with E-state index in [0.717, 1.165) is 12.1 Å². The molecule has 1 aliphatic rings. The fraction of sp³-hybridized carbons (Fsp3) is 0.190. The summed E-state index contributed by atoms with van der Waals surface area (Å²) in [5.74, 6) is -0.0220. The average Bonchev–Trinajstić information content (AvgIpc) is 3.03. The minimum Gasteiger partial charge on any atom is -0.346 e. The van der Waals surface area contributed by atoms with Gasteiger partial charge in [-0.1, -0.05) is 36.4 Å². The van der Waals surface area contributed by atoms with E-state index in [0.29, 0.717) is 11.4 Å². The molecule has 0 aliphatic carbocycles. The molecule has 0 saturated heterocycles. The van der Waals surface area contributed by atoms with Crippen molar-refractivity contribution in [3.8, 4) is 0 Å². The average molecular weight is 362 g/mol. The summed E-state index contributed by atoms with van der Waals surface area (Å²) in [5, 5.41) is 2.67. The molecular formula is C21H19FN4O. The molecule has 1 aromatic heterocycles. The van der Waals surface area contributed by atoms with Crippen LogP contribution in [0.5, 0.6) is 0 Å². The first-order chi connectivity index (χ1) is 13.1. The number of hydrogen-bond donors (Lipinski definition) is 1. The highest BCUT2D eigenvalue weighted by atomic mass is 19.1. The van der Waals surface area contributed by atoms with E-state index < -0.39 is 0 Å². The molecule has 1 N–H and O–H groups in total. The van der Waals surface area contributed by atoms with E-state index in [1.54, 1.807) is 24.4 Å². The monoisotopic (exact) mass is 362 g/mol. The third-order valence-electron chi connectivity index (χ3n) is 4.72. The Morgan fingerprint density at radius 3 is 2.70 bits per heavy atom. The molecule has 4 rings (SSSR count). The third kappa shape index (κ3) is 3.38. The summed E-state index contributed by atoms with van der Waals surface area (Å²) < 4.78 is 13.6. The van der Waals surface area contributed by atoms with Crippen molar-refractivity contribution in [2.45, 2.75) is 25.9 Å². The quantitative estimate of drug-likeness (QED) is 0.770. The first-order valence-corrected chi connectivity index (χ1v) is 8.84. The van der Waals surface area contributed by atoms with Crippen LogP contribution in [0.15, 0.2) is 60.9 Å². The number of para-hydroxylation sites is 1. The summed E-state index contributed by atoms with van der Waals surface area (Å²) in [6.45, 7) is 2.24. The number of benzene rings is 2. The van der Waals surface area contributed by atoms with Gasteiger partial charge in [0.05, 0.1) is 12.4 Å². The van der Waals surface area contributed by atoms with E-state index in [9.17, 15) is 9.18 Å². The number of rotatable bonds is 4. The minimum atomic E-state index is -0.382. The Kier molecular flexibility index (Phi) is 4.54. The second-order valence-corrected chi connectivity index (χ2v) is 6.59. The predicted octanol–water partition coefficient (Wildman–Crippen LogP) is 3.63. The van der Waals surface area contributed by atoms with Gasteiger partial charge >= 0.3 is 0 Å². The van der Waals surface area contributed by atoms with Crippen molar-refractivity contribution < 1.29 is 9.18 Å². The Bertz CT molecular complexity index is 974. The normalized spacial score (nSPS) is 15.5. The Hall–Kier alpha value is -3.28. The lowest BCUT2D eigenvalue weighted by molar-refractivity contribution is 0.0945. The van der Waals surface area contributed by atoms with Crippen LogP contribution in [0.4, 0.5) is 15.9 Å². The molecule has 1 atom stereocenters. The van der Waals surface area contributed by atoms with Gasteiger partial charge in [0, 0.05) is 23.8 Å². The van der Waals surface area contributed by atoms with Crippen molar-refractivity contribution in [1.29, 1.82) is 0 Å². The highest BCUT2D eigenvalue weighted by molar-refractivity contribution is 5.92. The Labute approximate surface area is 156 Å². The van der Waals surface area contributed by atoms with Crippen molar-refractivity contribution in [1.82, 2.24) is 15.3 Å². The van der Waals surface area contributed by atoms with Gasteiger partial charge in [0.15, 0.2) is 5.82 Å². The molecule has 0 bridgehead atoms. The van der Waals surface area contributed by atoms with Crippen LogP contribution in [0, 0.1) is 5.82 Å². The number of carbonyl (C=O) groups is 1. The molecule has 5 nitrogen and oxygen atoms in total. The summed E-state index contributed by atoms with van der Waals surface area (Å²) in [6, 6.07) is 14.8. The Balaban J connectivity index is 1.48.